The minimum absolute atomic E-state index is 0.0447. The first-order valence-corrected chi connectivity index (χ1v) is 9.92. The van der Waals surface area contributed by atoms with E-state index in [2.05, 4.69) is 5.32 Å². The molecule has 2 amide bonds. The molecule has 0 saturated carbocycles. The number of hydrogen-bond donors (Lipinski definition) is 3. The predicted octanol–water partition coefficient (Wildman–Crippen LogP) is 2.18. The van der Waals surface area contributed by atoms with Crippen LogP contribution in [0.1, 0.15) is 34.3 Å². The summed E-state index contributed by atoms with van der Waals surface area (Å²) in [6.45, 7) is 0.244. The van der Waals surface area contributed by atoms with Crippen LogP contribution in [0.15, 0.2) is 42.5 Å². The first-order chi connectivity index (χ1) is 15.3. The molecule has 0 saturated heterocycles. The molecule has 0 aromatic heterocycles. The fourth-order valence-corrected chi connectivity index (χ4v) is 3.01. The van der Waals surface area contributed by atoms with Crippen LogP contribution in [-0.2, 0) is 22.5 Å². The summed E-state index contributed by atoms with van der Waals surface area (Å²) in [5, 5.41) is 21.9. The maximum Gasteiger partial charge on any atom is 0.252 e. The molecule has 0 aliphatic rings. The molecule has 2 aromatic carbocycles. The quantitative estimate of drug-likeness (QED) is 0.433. The average Bonchev–Trinajstić information content (AvgIpc) is 2.75. The van der Waals surface area contributed by atoms with Gasteiger partial charge in [0.05, 0.1) is 17.7 Å². The van der Waals surface area contributed by atoms with Gasteiger partial charge in [-0.1, -0.05) is 30.3 Å². The Balaban J connectivity index is 2.08. The Morgan fingerprint density at radius 3 is 2.62 bits per heavy atom. The number of amides is 2. The second-order valence-electron chi connectivity index (χ2n) is 6.97. The van der Waals surface area contributed by atoms with Crippen LogP contribution in [0.25, 0.3) is 0 Å². The van der Waals surface area contributed by atoms with E-state index in [0.717, 1.165) is 11.6 Å². The second-order valence-corrected chi connectivity index (χ2v) is 6.97. The van der Waals surface area contributed by atoms with Gasteiger partial charge in [-0.3, -0.25) is 9.59 Å². The molecule has 2 unspecified atom stereocenters. The van der Waals surface area contributed by atoms with Gasteiger partial charge in [-0.15, -0.1) is 0 Å². The number of nitrogens with one attached hydrogen (secondary N) is 1. The Hall–Kier alpha value is -3.35. The number of unbranched alkanes of at least 4 members (excludes halogenated alkanes) is 1. The van der Waals surface area contributed by atoms with Crippen molar-refractivity contribution in [1.29, 1.82) is 5.26 Å². The molecule has 32 heavy (non-hydrogen) atoms. The summed E-state index contributed by atoms with van der Waals surface area (Å²) < 4.78 is 33.0. The summed E-state index contributed by atoms with van der Waals surface area (Å²) in [5.74, 6) is -3.70. The van der Waals surface area contributed by atoms with Gasteiger partial charge in [0.2, 0.25) is 0 Å². The van der Waals surface area contributed by atoms with E-state index in [9.17, 15) is 23.5 Å². The molecule has 2 aromatic rings. The van der Waals surface area contributed by atoms with Gasteiger partial charge in [0, 0.05) is 25.6 Å². The van der Waals surface area contributed by atoms with Gasteiger partial charge in [-0.2, -0.15) is 5.26 Å². The molecule has 0 spiro atoms. The summed E-state index contributed by atoms with van der Waals surface area (Å²) in [6.07, 6.45) is -1.25. The normalized spacial score (nSPS) is 12.6. The van der Waals surface area contributed by atoms with Crippen LogP contribution in [0, 0.1) is 29.4 Å². The summed E-state index contributed by atoms with van der Waals surface area (Å²) in [5.41, 5.74) is 5.45. The predicted molar refractivity (Wildman–Crippen MR) is 112 cm³/mol. The number of nitriles is 1. The van der Waals surface area contributed by atoms with E-state index in [-0.39, 0.29) is 31.6 Å². The number of benzene rings is 2. The first kappa shape index (κ1) is 24.9. The largest absolute Gasteiger partial charge is 0.390 e. The van der Waals surface area contributed by atoms with E-state index >= 15 is 0 Å². The van der Waals surface area contributed by atoms with Crippen molar-refractivity contribution in [2.45, 2.75) is 38.0 Å². The number of carbonyl (C=O) groups is 2. The number of aliphatic hydroxyl groups excluding tert-OH is 1. The van der Waals surface area contributed by atoms with Crippen LogP contribution in [0.4, 0.5) is 8.78 Å². The molecule has 7 nitrogen and oxygen atoms in total. The highest BCUT2D eigenvalue weighted by Crippen LogP contribution is 2.19. The lowest BCUT2D eigenvalue weighted by Gasteiger charge is -2.23. The number of primary amides is 1. The zero-order chi connectivity index (χ0) is 23.5. The molecule has 4 N–H and O–H groups in total. The second kappa shape index (κ2) is 12.5. The molecule has 9 heteroatoms. The van der Waals surface area contributed by atoms with Gasteiger partial charge in [0.15, 0.2) is 6.10 Å². The third kappa shape index (κ3) is 7.41. The molecule has 1 radical (unpaired) electrons. The van der Waals surface area contributed by atoms with Crippen molar-refractivity contribution >= 4 is 11.8 Å². The maximum absolute atomic E-state index is 13.9. The lowest BCUT2D eigenvalue weighted by Crippen LogP contribution is -2.44. The van der Waals surface area contributed by atoms with Crippen LogP contribution in [0.2, 0.25) is 0 Å². The Bertz CT molecular complexity index is 964. The van der Waals surface area contributed by atoms with Gasteiger partial charge in [-0.25, -0.2) is 8.78 Å². The van der Waals surface area contributed by atoms with Crippen molar-refractivity contribution in [1.82, 2.24) is 5.32 Å². The van der Waals surface area contributed by atoms with Gasteiger partial charge < -0.3 is 20.9 Å². The van der Waals surface area contributed by atoms with Crippen molar-refractivity contribution in [2.24, 2.45) is 5.73 Å². The molecular formula is C23H24F2N3O4. The topological polar surface area (TPSA) is 125 Å². The molecule has 2 rings (SSSR count). The van der Waals surface area contributed by atoms with E-state index in [1.165, 1.54) is 6.42 Å². The number of rotatable bonds is 12. The highest BCUT2D eigenvalue weighted by Gasteiger charge is 2.28. The Morgan fingerprint density at radius 1 is 1.25 bits per heavy atom. The third-order valence-electron chi connectivity index (χ3n) is 4.57. The Kier molecular flexibility index (Phi) is 9.73. The Morgan fingerprint density at radius 2 is 1.97 bits per heavy atom. The molecular weight excluding hydrogens is 420 g/mol. The third-order valence-corrected chi connectivity index (χ3v) is 4.57. The summed E-state index contributed by atoms with van der Waals surface area (Å²) >= 11 is 0. The fourth-order valence-electron chi connectivity index (χ4n) is 3.01. The smallest absolute Gasteiger partial charge is 0.252 e. The van der Waals surface area contributed by atoms with Crippen LogP contribution < -0.4 is 11.1 Å². The van der Waals surface area contributed by atoms with Crippen molar-refractivity contribution in [3.8, 4) is 6.07 Å². The molecule has 0 bridgehead atoms. The zero-order valence-electron chi connectivity index (χ0n) is 17.3. The maximum atomic E-state index is 13.9. The number of nitrogens with zero attached hydrogens (tertiary/aromatic N) is 1. The van der Waals surface area contributed by atoms with E-state index in [1.807, 2.05) is 36.4 Å². The van der Waals surface area contributed by atoms with Crippen molar-refractivity contribution < 1.29 is 28.2 Å². The lowest BCUT2D eigenvalue weighted by atomic mass is 9.97. The minimum atomic E-state index is -1.46. The highest BCUT2D eigenvalue weighted by atomic mass is 19.1. The van der Waals surface area contributed by atoms with E-state index in [1.54, 1.807) is 0 Å². The van der Waals surface area contributed by atoms with Crippen molar-refractivity contribution in [3.63, 3.8) is 0 Å². The molecule has 0 aliphatic carbocycles. The zero-order valence-corrected chi connectivity index (χ0v) is 17.3. The number of carbonyl (C=O) groups excluding carboxylic acids is 2. The highest BCUT2D eigenvalue weighted by molar-refractivity contribution is 5.94. The van der Waals surface area contributed by atoms with Crippen LogP contribution in [0.5, 0.6) is 0 Å². The lowest BCUT2D eigenvalue weighted by molar-refractivity contribution is -0.139. The minimum Gasteiger partial charge on any atom is -0.390 e. The van der Waals surface area contributed by atoms with Gasteiger partial charge in [0.25, 0.3) is 11.8 Å². The molecule has 0 heterocycles. The molecule has 2 atom stereocenters. The number of nitrogens with two attached hydrogens (primary N) is 1. The fraction of sp³-hybridized carbons (Fsp3) is 0.304. The van der Waals surface area contributed by atoms with Crippen molar-refractivity contribution in [3.05, 3.63) is 77.2 Å². The number of aliphatic hydroxyl groups is 1. The Labute approximate surface area is 184 Å². The van der Waals surface area contributed by atoms with E-state index < -0.39 is 41.2 Å². The van der Waals surface area contributed by atoms with Gasteiger partial charge in [-0.05, 0) is 36.5 Å². The van der Waals surface area contributed by atoms with Crippen LogP contribution in [0.3, 0.4) is 0 Å². The number of hydrogen-bond acceptors (Lipinski definition) is 5. The number of ether oxygens (including phenoxy) is 1. The van der Waals surface area contributed by atoms with Crippen molar-refractivity contribution in [2.75, 3.05) is 6.61 Å². The van der Waals surface area contributed by atoms with Gasteiger partial charge in [0.1, 0.15) is 11.6 Å². The SMILES string of the molecule is N#CCCCOC(C(=O)NCc1ccccc1)C(O)[CH]Cc1cc(F)cc(F)c1C(N)=O. The van der Waals surface area contributed by atoms with Gasteiger partial charge >= 0.3 is 0 Å². The van der Waals surface area contributed by atoms with E-state index in [0.29, 0.717) is 12.5 Å². The van der Waals surface area contributed by atoms with Crippen LogP contribution in [-0.4, -0.2) is 35.7 Å². The summed E-state index contributed by atoms with van der Waals surface area (Å²) in [4.78, 5) is 24.2. The average molecular weight is 444 g/mol. The molecule has 0 aliphatic heterocycles. The summed E-state index contributed by atoms with van der Waals surface area (Å²) in [6, 6.07) is 12.5. The standard InChI is InChI=1S/C23H24F2N3O4/c24-17-12-16(20(22(27)30)18(25)13-17)8-9-19(29)21(32-11-5-4-10-26)23(31)28-14-15-6-2-1-3-7-15/h1-3,6-7,9,12-13,19,21,29H,4-5,8,11,14H2,(H2,27,30)(H,28,31). The summed E-state index contributed by atoms with van der Waals surface area (Å²) in [7, 11) is 0. The van der Waals surface area contributed by atoms with E-state index in [4.69, 9.17) is 15.7 Å². The molecule has 0 fully saturated rings. The molecule has 169 valence electrons. The number of halogens is 2. The first-order valence-electron chi connectivity index (χ1n) is 9.92. The van der Waals surface area contributed by atoms with Crippen LogP contribution >= 0.6 is 0 Å². The monoisotopic (exact) mass is 444 g/mol.